The highest BCUT2D eigenvalue weighted by atomic mass is 16.6. The van der Waals surface area contributed by atoms with Crippen LogP contribution in [0.25, 0.3) is 11.0 Å². The number of hydrogen-bond donors (Lipinski definition) is 0. The minimum atomic E-state index is -0.858. The van der Waals surface area contributed by atoms with E-state index in [2.05, 4.69) is 0 Å². The van der Waals surface area contributed by atoms with Crippen LogP contribution in [0.15, 0.2) is 27.4 Å². The van der Waals surface area contributed by atoms with Crippen LogP contribution >= 0.6 is 0 Å². The van der Waals surface area contributed by atoms with Gasteiger partial charge >= 0.3 is 17.6 Å². The lowest BCUT2D eigenvalue weighted by molar-refractivity contribution is -0.133. The number of carbonyl (C=O) groups is 2. The Kier molecular flexibility index (Phi) is 4.68. The first-order chi connectivity index (χ1) is 10.8. The Hall–Kier alpha value is -2.83. The molecule has 0 spiro atoms. The van der Waals surface area contributed by atoms with Crippen LogP contribution in [0.2, 0.25) is 0 Å². The highest BCUT2D eigenvalue weighted by molar-refractivity contribution is 5.93. The second-order valence-corrected chi connectivity index (χ2v) is 5.03. The lowest BCUT2D eigenvalue weighted by Crippen LogP contribution is -2.16. The molecule has 0 N–H and O–H groups in total. The molecule has 2 rings (SSSR count). The van der Waals surface area contributed by atoms with E-state index in [9.17, 15) is 14.4 Å². The molecule has 0 aliphatic rings. The number of rotatable bonds is 4. The summed E-state index contributed by atoms with van der Waals surface area (Å²) in [5.74, 6) is -1.48. The average molecular weight is 320 g/mol. The van der Waals surface area contributed by atoms with E-state index in [1.165, 1.54) is 19.1 Å². The Morgan fingerprint density at radius 2 is 1.70 bits per heavy atom. The van der Waals surface area contributed by atoms with Crippen LogP contribution in [0.3, 0.4) is 0 Å². The molecule has 122 valence electrons. The van der Waals surface area contributed by atoms with Gasteiger partial charge in [0.1, 0.15) is 16.7 Å². The molecular weight excluding hydrogens is 304 g/mol. The van der Waals surface area contributed by atoms with Gasteiger partial charge in [0.25, 0.3) is 5.75 Å². The molecule has 0 radical (unpaired) electrons. The number of fused-ring (bicyclic) bond motifs is 1. The average Bonchev–Trinajstić information content (AvgIpc) is 2.41. The molecule has 0 fully saturated rings. The fourth-order valence-electron chi connectivity index (χ4n) is 1.99. The van der Waals surface area contributed by atoms with Crippen molar-refractivity contribution in [2.24, 2.45) is 0 Å². The summed E-state index contributed by atoms with van der Waals surface area (Å²) in [6, 6.07) is 4.61. The summed E-state index contributed by atoms with van der Waals surface area (Å²) in [5.41, 5.74) is -0.705. The van der Waals surface area contributed by atoms with Crippen LogP contribution in [0, 0.1) is 0 Å². The zero-order valence-corrected chi connectivity index (χ0v) is 13.2. The third kappa shape index (κ3) is 3.68. The summed E-state index contributed by atoms with van der Waals surface area (Å²) in [4.78, 5) is 34.6. The molecular formula is C16H16O7. The molecule has 0 aliphatic carbocycles. The number of hydrogen-bond acceptors (Lipinski definition) is 7. The largest absolute Gasteiger partial charge is 0.486 e. The van der Waals surface area contributed by atoms with Gasteiger partial charge in [0.15, 0.2) is 5.75 Å². The Labute approximate surface area is 131 Å². The maximum Gasteiger partial charge on any atom is 0.383 e. The molecule has 0 aliphatic heterocycles. The number of carbonyl (C=O) groups excluding carboxylic acids is 2. The first-order valence-electron chi connectivity index (χ1n) is 6.93. The molecule has 0 unspecified atom stereocenters. The summed E-state index contributed by atoms with van der Waals surface area (Å²) in [6.45, 7) is 5.88. The fraction of sp³-hybridized carbons (Fsp3) is 0.312. The van der Waals surface area contributed by atoms with Crippen molar-refractivity contribution in [1.82, 2.24) is 0 Å². The lowest BCUT2D eigenvalue weighted by atomic mass is 10.2. The maximum atomic E-state index is 12.1. The van der Waals surface area contributed by atoms with Crippen molar-refractivity contribution in [3.63, 3.8) is 0 Å². The van der Waals surface area contributed by atoms with E-state index in [4.69, 9.17) is 18.6 Å². The predicted octanol–water partition coefficient (Wildman–Crippen LogP) is 2.43. The number of ether oxygens (including phenoxy) is 3. The number of esters is 2. The maximum absolute atomic E-state index is 12.1. The van der Waals surface area contributed by atoms with Crippen molar-refractivity contribution < 1.29 is 28.2 Å². The van der Waals surface area contributed by atoms with Crippen molar-refractivity contribution >= 4 is 22.9 Å². The highest BCUT2D eigenvalue weighted by Crippen LogP contribution is 2.39. The highest BCUT2D eigenvalue weighted by Gasteiger charge is 2.23. The summed E-state index contributed by atoms with van der Waals surface area (Å²) in [5, 5.41) is 0.243. The normalized spacial score (nSPS) is 10.7. The van der Waals surface area contributed by atoms with E-state index in [1.54, 1.807) is 19.9 Å². The molecule has 23 heavy (non-hydrogen) atoms. The van der Waals surface area contributed by atoms with Gasteiger partial charge in [0.2, 0.25) is 0 Å². The molecule has 0 saturated heterocycles. The molecule has 0 bridgehead atoms. The van der Waals surface area contributed by atoms with Crippen LogP contribution in [0.5, 0.6) is 17.2 Å². The first kappa shape index (κ1) is 16.5. The van der Waals surface area contributed by atoms with Gasteiger partial charge in [-0.2, -0.15) is 0 Å². The molecule has 0 saturated carbocycles. The van der Waals surface area contributed by atoms with Crippen LogP contribution < -0.4 is 19.8 Å². The van der Waals surface area contributed by atoms with Crippen molar-refractivity contribution in [2.45, 2.75) is 33.8 Å². The Bertz CT molecular complexity index is 817. The van der Waals surface area contributed by atoms with Gasteiger partial charge in [-0.05, 0) is 26.0 Å². The smallest absolute Gasteiger partial charge is 0.383 e. The Morgan fingerprint density at radius 3 is 2.26 bits per heavy atom. The summed E-state index contributed by atoms with van der Waals surface area (Å²) in [7, 11) is 0. The molecule has 1 aromatic carbocycles. The quantitative estimate of drug-likeness (QED) is 0.485. The van der Waals surface area contributed by atoms with E-state index in [-0.39, 0.29) is 34.3 Å². The molecule has 0 amide bonds. The first-order valence-corrected chi connectivity index (χ1v) is 6.93. The van der Waals surface area contributed by atoms with Gasteiger partial charge in [0, 0.05) is 13.8 Å². The summed E-state index contributed by atoms with van der Waals surface area (Å²) in [6.07, 6.45) is -0.320. The van der Waals surface area contributed by atoms with Gasteiger partial charge in [0.05, 0.1) is 6.10 Å². The van der Waals surface area contributed by atoms with E-state index in [0.29, 0.717) is 0 Å². The SMILES string of the molecule is CC(=O)Oc1c(OC(C)C)c2c(OC(C)=O)cccc2oc1=O. The molecule has 2 aromatic rings. The van der Waals surface area contributed by atoms with Gasteiger partial charge in [-0.1, -0.05) is 6.07 Å². The zero-order chi connectivity index (χ0) is 17.1. The third-order valence-corrected chi connectivity index (χ3v) is 2.66. The Balaban J connectivity index is 2.83. The van der Waals surface area contributed by atoms with Crippen LogP contribution in [-0.2, 0) is 9.59 Å². The van der Waals surface area contributed by atoms with E-state index >= 15 is 0 Å². The van der Waals surface area contributed by atoms with Crippen LogP contribution in [0.1, 0.15) is 27.7 Å². The minimum Gasteiger partial charge on any atom is -0.486 e. The molecule has 7 heteroatoms. The molecule has 1 aromatic heterocycles. The van der Waals surface area contributed by atoms with Crippen LogP contribution in [0.4, 0.5) is 0 Å². The van der Waals surface area contributed by atoms with Crippen LogP contribution in [-0.4, -0.2) is 18.0 Å². The second kappa shape index (κ2) is 6.51. The fourth-order valence-corrected chi connectivity index (χ4v) is 1.99. The third-order valence-electron chi connectivity index (χ3n) is 2.66. The van der Waals surface area contributed by atoms with Gasteiger partial charge in [-0.3, -0.25) is 9.59 Å². The van der Waals surface area contributed by atoms with Crippen molar-refractivity contribution in [3.8, 4) is 17.2 Å². The van der Waals surface area contributed by atoms with Gasteiger partial charge in [-0.25, -0.2) is 4.79 Å². The van der Waals surface area contributed by atoms with E-state index < -0.39 is 17.6 Å². The van der Waals surface area contributed by atoms with Gasteiger partial charge < -0.3 is 18.6 Å². The Morgan fingerprint density at radius 1 is 1.04 bits per heavy atom. The number of benzene rings is 1. The lowest BCUT2D eigenvalue weighted by Gasteiger charge is -2.16. The van der Waals surface area contributed by atoms with E-state index in [0.717, 1.165) is 6.92 Å². The molecule has 1 heterocycles. The topological polar surface area (TPSA) is 92.0 Å². The summed E-state index contributed by atoms with van der Waals surface area (Å²) >= 11 is 0. The predicted molar refractivity (Wildman–Crippen MR) is 80.9 cm³/mol. The summed E-state index contributed by atoms with van der Waals surface area (Å²) < 4.78 is 20.8. The molecule has 0 atom stereocenters. The van der Waals surface area contributed by atoms with E-state index in [1.807, 2.05) is 0 Å². The second-order valence-electron chi connectivity index (χ2n) is 5.03. The standard InChI is InChI=1S/C16H16O7/c1-8(2)20-14-13-11(21-9(3)17)6-5-7-12(13)23-16(19)15(14)22-10(4)18/h5-8H,1-4H3. The van der Waals surface area contributed by atoms with Crippen molar-refractivity contribution in [1.29, 1.82) is 0 Å². The van der Waals surface area contributed by atoms with Gasteiger partial charge in [-0.15, -0.1) is 0 Å². The van der Waals surface area contributed by atoms with Crippen molar-refractivity contribution in [3.05, 3.63) is 28.6 Å². The zero-order valence-electron chi connectivity index (χ0n) is 13.2. The minimum absolute atomic E-state index is 0.00157. The monoisotopic (exact) mass is 320 g/mol. The molecule has 7 nitrogen and oxygen atoms in total. The van der Waals surface area contributed by atoms with Crippen molar-refractivity contribution in [2.75, 3.05) is 0 Å².